The summed E-state index contributed by atoms with van der Waals surface area (Å²) in [5.74, 6) is -0.924. The Kier molecular flexibility index (Phi) is 42.4. The van der Waals surface area contributed by atoms with Gasteiger partial charge in [0.05, 0.1) is 38.6 Å². The van der Waals surface area contributed by atoms with Crippen LogP contribution >= 0.6 is 0 Å². The van der Waals surface area contributed by atoms with Gasteiger partial charge in [-0.3, -0.25) is 9.59 Å². The minimum atomic E-state index is -1.99. The van der Waals surface area contributed by atoms with Crippen LogP contribution in [0.15, 0.2) is 24.3 Å². The highest BCUT2D eigenvalue weighted by molar-refractivity contribution is 5.76. The zero-order valence-electron chi connectivity index (χ0n) is 51.7. The molecule has 0 saturated carbocycles. The highest BCUT2D eigenvalue weighted by Gasteiger charge is 2.54. The Bertz CT molecular complexity index is 1700. The Morgan fingerprint density at radius 3 is 1.29 bits per heavy atom. The summed E-state index contributed by atoms with van der Waals surface area (Å²) >= 11 is 0. The normalized spacial score (nSPS) is 29.2. The first kappa shape index (κ1) is 76.0. The van der Waals surface area contributed by atoms with Gasteiger partial charge in [0.2, 0.25) is 11.8 Å². The summed E-state index contributed by atoms with van der Waals surface area (Å²) < 4.78 is 34.9. The highest BCUT2D eigenvalue weighted by Crippen LogP contribution is 2.33. The van der Waals surface area contributed by atoms with Crippen molar-refractivity contribution in [1.29, 1.82) is 0 Å². The summed E-state index contributed by atoms with van der Waals surface area (Å²) in [5, 5.41) is 114. The lowest BCUT2D eigenvalue weighted by atomic mass is 9.95. The number of carbonyl (C=O) groups is 2. The molecule has 3 saturated heterocycles. The fourth-order valence-corrected chi connectivity index (χ4v) is 11.4. The first-order chi connectivity index (χ1) is 40.7. The van der Waals surface area contributed by atoms with E-state index in [2.05, 4.69) is 36.6 Å². The summed E-state index contributed by atoms with van der Waals surface area (Å²) in [7, 11) is 0. The number of nitrogens with one attached hydrogen (secondary N) is 2. The average molecular weight is 1200 g/mol. The van der Waals surface area contributed by atoms with Gasteiger partial charge in [-0.25, -0.2) is 0 Å². The number of aliphatic hydroxyl groups excluding tert-OH is 10. The highest BCUT2D eigenvalue weighted by atomic mass is 16.8. The SMILES string of the molecule is CCCCCCCC/C=C\CCCCCCCCCCCCCCCC(=O)N[C@@H](CO[C@@H]1OC(CO)[C@@H](O[C@@H]2OC(CO)[C@@H](O[C@@H]3OC(CO)[C@@H](O)[C@H](O)C3NC(C)=O)[C@H](O)C2O)[C@H](O)C1O)[C@H](O)/C=C/CCCCCCCCCCCCC. The van der Waals surface area contributed by atoms with E-state index in [-0.39, 0.29) is 18.9 Å². The van der Waals surface area contributed by atoms with Crippen molar-refractivity contribution in [3.05, 3.63) is 24.3 Å². The number of hydrogen-bond acceptors (Lipinski definition) is 18. The minimum Gasteiger partial charge on any atom is -0.394 e. The molecule has 0 spiro atoms. The van der Waals surface area contributed by atoms with Crippen LogP contribution in [0.4, 0.5) is 0 Å². The monoisotopic (exact) mass is 1200 g/mol. The lowest BCUT2D eigenvalue weighted by Crippen LogP contribution is -2.68. The molecule has 3 heterocycles. The molecule has 0 bridgehead atoms. The second-order valence-corrected chi connectivity index (χ2v) is 24.0. The predicted octanol–water partition coefficient (Wildman–Crippen LogP) is 6.86. The maximum atomic E-state index is 13.4. The van der Waals surface area contributed by atoms with Crippen LogP contribution in [0.1, 0.15) is 239 Å². The number of carbonyl (C=O) groups excluding carboxylic acids is 2. The summed E-state index contributed by atoms with van der Waals surface area (Å²) in [4.78, 5) is 25.4. The van der Waals surface area contributed by atoms with Gasteiger partial charge < -0.3 is 90.1 Å². The van der Waals surface area contributed by atoms with Gasteiger partial charge in [0, 0.05) is 13.3 Å². The quantitative estimate of drug-likeness (QED) is 0.0219. The standard InChI is InChI=1S/C64H118N2O18/c1-4-6-8-10-12-14-16-18-19-20-21-22-23-24-25-26-27-29-31-33-35-37-39-41-52(72)66-47(48(71)40-38-36-34-32-30-28-17-15-13-11-9-7-5-2)45-79-63-58(77)56(75)61(50(43-68)81-63)84-64-59(78)57(76)60(51(44-69)82-64)83-62-53(65-46(3)70)55(74)54(73)49(42-67)80-62/h18-19,38,40,47-51,53-64,67-69,71,73-78H,4-17,20-37,39,41-45H2,1-3H3,(H,65,70)(H,66,72)/b19-18-,40-38+/t47-,48+,49?,50?,51?,53?,54+,55+,56+,57+,58?,59?,60+,61+,62-,63+,64-/m0/s1. The molecule has 0 aromatic heterocycles. The summed E-state index contributed by atoms with van der Waals surface area (Å²) in [5.41, 5.74) is 0. The van der Waals surface area contributed by atoms with Crippen molar-refractivity contribution in [2.24, 2.45) is 0 Å². The van der Waals surface area contributed by atoms with Crippen LogP contribution in [0.5, 0.6) is 0 Å². The van der Waals surface area contributed by atoms with Gasteiger partial charge in [-0.15, -0.1) is 0 Å². The number of hydrogen-bond donors (Lipinski definition) is 12. The van der Waals surface area contributed by atoms with Gasteiger partial charge in [0.1, 0.15) is 73.2 Å². The third-order valence-electron chi connectivity index (χ3n) is 16.6. The van der Waals surface area contributed by atoms with Crippen molar-refractivity contribution in [2.45, 2.75) is 343 Å². The fourth-order valence-electron chi connectivity index (χ4n) is 11.4. The van der Waals surface area contributed by atoms with Crippen LogP contribution < -0.4 is 10.6 Å². The molecule has 3 rings (SSSR count). The third kappa shape index (κ3) is 29.9. The molecule has 20 nitrogen and oxygen atoms in total. The molecule has 17 atom stereocenters. The zero-order valence-corrected chi connectivity index (χ0v) is 51.7. The Labute approximate surface area is 503 Å². The molecule has 3 aliphatic heterocycles. The lowest BCUT2D eigenvalue weighted by Gasteiger charge is -2.48. The predicted molar refractivity (Wildman–Crippen MR) is 321 cm³/mol. The maximum Gasteiger partial charge on any atom is 0.220 e. The van der Waals surface area contributed by atoms with Crippen molar-refractivity contribution < 1.29 is 89.1 Å². The van der Waals surface area contributed by atoms with E-state index in [4.69, 9.17) is 28.4 Å². The van der Waals surface area contributed by atoms with Crippen molar-refractivity contribution in [2.75, 3.05) is 26.4 Å². The second-order valence-electron chi connectivity index (χ2n) is 24.0. The molecule has 0 radical (unpaired) electrons. The van der Waals surface area contributed by atoms with Gasteiger partial charge in [-0.2, -0.15) is 0 Å². The van der Waals surface area contributed by atoms with Crippen LogP contribution in [-0.2, 0) is 38.0 Å². The third-order valence-corrected chi connectivity index (χ3v) is 16.6. The fraction of sp³-hybridized carbons (Fsp3) is 0.906. The molecule has 12 N–H and O–H groups in total. The molecule has 20 heteroatoms. The number of rotatable bonds is 49. The largest absolute Gasteiger partial charge is 0.394 e. The number of allylic oxidation sites excluding steroid dienone is 3. The second kappa shape index (κ2) is 46.8. The number of ether oxygens (including phenoxy) is 6. The van der Waals surface area contributed by atoms with Crippen LogP contribution in [0.25, 0.3) is 0 Å². The number of amides is 2. The molecule has 84 heavy (non-hydrogen) atoms. The molecular weight excluding hydrogens is 1080 g/mol. The van der Waals surface area contributed by atoms with Crippen LogP contribution in [0.2, 0.25) is 0 Å². The molecule has 6 unspecified atom stereocenters. The minimum absolute atomic E-state index is 0.241. The lowest BCUT2D eigenvalue weighted by molar-refractivity contribution is -0.374. The van der Waals surface area contributed by atoms with Crippen LogP contribution in [-0.4, -0.2) is 194 Å². The van der Waals surface area contributed by atoms with Crippen molar-refractivity contribution in [1.82, 2.24) is 10.6 Å². The van der Waals surface area contributed by atoms with Gasteiger partial charge >= 0.3 is 0 Å². The Balaban J connectivity index is 1.48. The van der Waals surface area contributed by atoms with Crippen LogP contribution in [0.3, 0.4) is 0 Å². The zero-order chi connectivity index (χ0) is 61.3. The van der Waals surface area contributed by atoms with Crippen molar-refractivity contribution >= 4 is 11.8 Å². The summed E-state index contributed by atoms with van der Waals surface area (Å²) in [6, 6.07) is -2.41. The summed E-state index contributed by atoms with van der Waals surface area (Å²) in [6.45, 7) is 2.84. The maximum absolute atomic E-state index is 13.4. The number of aliphatic hydroxyl groups is 10. The van der Waals surface area contributed by atoms with E-state index < -0.39 is 130 Å². The van der Waals surface area contributed by atoms with E-state index >= 15 is 0 Å². The average Bonchev–Trinajstić information content (AvgIpc) is 2.16. The Hall–Kier alpha value is -2.22. The van der Waals surface area contributed by atoms with E-state index in [1.165, 1.54) is 161 Å². The first-order valence-electron chi connectivity index (χ1n) is 33.1. The Morgan fingerprint density at radius 2 is 0.845 bits per heavy atom. The molecule has 3 fully saturated rings. The molecule has 0 aromatic rings. The molecule has 0 aliphatic carbocycles. The molecule has 492 valence electrons. The molecule has 0 aromatic carbocycles. The van der Waals surface area contributed by atoms with Crippen LogP contribution in [0, 0.1) is 0 Å². The van der Waals surface area contributed by atoms with E-state index in [0.29, 0.717) is 6.42 Å². The van der Waals surface area contributed by atoms with Gasteiger partial charge in [-0.05, 0) is 44.9 Å². The van der Waals surface area contributed by atoms with Gasteiger partial charge in [0.15, 0.2) is 18.9 Å². The molecule has 3 aliphatic rings. The molecule has 2 amide bonds. The number of unbranched alkanes of at least 4 members (excludes halogenated alkanes) is 30. The first-order valence-corrected chi connectivity index (χ1v) is 33.1. The van der Waals surface area contributed by atoms with E-state index in [1.807, 2.05) is 6.08 Å². The smallest absolute Gasteiger partial charge is 0.220 e. The van der Waals surface area contributed by atoms with E-state index in [9.17, 15) is 60.7 Å². The van der Waals surface area contributed by atoms with Crippen molar-refractivity contribution in [3.63, 3.8) is 0 Å². The van der Waals surface area contributed by atoms with E-state index in [1.54, 1.807) is 6.08 Å². The topological polar surface area (TPSA) is 316 Å². The van der Waals surface area contributed by atoms with Gasteiger partial charge in [-0.1, -0.05) is 205 Å². The van der Waals surface area contributed by atoms with Crippen molar-refractivity contribution in [3.8, 4) is 0 Å². The van der Waals surface area contributed by atoms with Gasteiger partial charge in [0.25, 0.3) is 0 Å². The summed E-state index contributed by atoms with van der Waals surface area (Å²) in [6.07, 6.45) is 23.5. The molecular formula is C64H118N2O18. The van der Waals surface area contributed by atoms with E-state index in [0.717, 1.165) is 51.9 Å². The Morgan fingerprint density at radius 1 is 0.464 bits per heavy atom.